The fourth-order valence-corrected chi connectivity index (χ4v) is 4.11. The van der Waals surface area contributed by atoms with Crippen LogP contribution in [0.25, 0.3) is 11.3 Å². The standard InChI is InChI=1S/C27H31N5O4/c1-16-8-13-21(28-15-16)29-25(34)19-11-9-18(10-12-19)23-22(17(2)33)30-24(31-23)20-7-6-14-32(20)26(35)36-27(3,4)5/h8-13,15,20H,6-7,14H2,1-5H3,(H,30,31)(H,28,29,34)/t20-/m0/s1. The van der Waals surface area contributed by atoms with Crippen molar-refractivity contribution in [1.29, 1.82) is 0 Å². The first-order valence-corrected chi connectivity index (χ1v) is 12.0. The number of Topliss-reactive ketones (excluding diaryl/α,β-unsaturated/α-hetero) is 1. The second kappa shape index (κ2) is 9.93. The first kappa shape index (κ1) is 25.1. The zero-order valence-corrected chi connectivity index (χ0v) is 21.2. The maximum absolute atomic E-state index is 12.7. The first-order valence-electron chi connectivity index (χ1n) is 12.0. The Balaban J connectivity index is 1.56. The molecule has 9 nitrogen and oxygen atoms in total. The monoisotopic (exact) mass is 489 g/mol. The molecule has 1 fully saturated rings. The number of anilines is 1. The Labute approximate surface area is 210 Å². The Kier molecular flexibility index (Phi) is 6.92. The molecule has 188 valence electrons. The van der Waals surface area contributed by atoms with Gasteiger partial charge in [-0.3, -0.25) is 14.5 Å². The van der Waals surface area contributed by atoms with Crippen molar-refractivity contribution < 1.29 is 19.1 Å². The van der Waals surface area contributed by atoms with Crippen LogP contribution in [-0.4, -0.2) is 49.8 Å². The highest BCUT2D eigenvalue weighted by molar-refractivity contribution is 6.04. The summed E-state index contributed by atoms with van der Waals surface area (Å²) in [7, 11) is 0. The van der Waals surface area contributed by atoms with Gasteiger partial charge in [-0.2, -0.15) is 0 Å². The van der Waals surface area contributed by atoms with E-state index in [1.807, 2.05) is 33.8 Å². The van der Waals surface area contributed by atoms with Crippen LogP contribution in [0.5, 0.6) is 0 Å². The van der Waals surface area contributed by atoms with E-state index < -0.39 is 11.7 Å². The number of pyridine rings is 1. The molecule has 0 saturated carbocycles. The van der Waals surface area contributed by atoms with Crippen LogP contribution >= 0.6 is 0 Å². The van der Waals surface area contributed by atoms with E-state index in [9.17, 15) is 14.4 Å². The molecule has 1 atom stereocenters. The average Bonchev–Trinajstić information content (AvgIpc) is 3.47. The van der Waals surface area contributed by atoms with Crippen molar-refractivity contribution in [2.24, 2.45) is 0 Å². The van der Waals surface area contributed by atoms with E-state index in [-0.39, 0.29) is 17.7 Å². The zero-order valence-electron chi connectivity index (χ0n) is 21.2. The molecule has 1 saturated heterocycles. The number of rotatable bonds is 5. The Morgan fingerprint density at radius 1 is 1.11 bits per heavy atom. The van der Waals surface area contributed by atoms with Crippen molar-refractivity contribution in [3.8, 4) is 11.3 Å². The van der Waals surface area contributed by atoms with E-state index in [1.54, 1.807) is 41.4 Å². The number of amides is 2. The number of H-pyrrole nitrogens is 1. The molecule has 0 unspecified atom stereocenters. The quantitative estimate of drug-likeness (QED) is 0.469. The largest absolute Gasteiger partial charge is 0.444 e. The van der Waals surface area contributed by atoms with Crippen LogP contribution in [0.4, 0.5) is 10.6 Å². The molecule has 4 rings (SSSR count). The second-order valence-electron chi connectivity index (χ2n) is 9.99. The summed E-state index contributed by atoms with van der Waals surface area (Å²) in [6.07, 6.45) is 2.82. The van der Waals surface area contributed by atoms with E-state index in [4.69, 9.17) is 9.72 Å². The molecule has 0 spiro atoms. The van der Waals surface area contributed by atoms with Gasteiger partial charge in [0.2, 0.25) is 0 Å². The van der Waals surface area contributed by atoms with Gasteiger partial charge >= 0.3 is 6.09 Å². The molecule has 2 amide bonds. The van der Waals surface area contributed by atoms with Gasteiger partial charge in [0.05, 0.1) is 11.7 Å². The number of likely N-dealkylation sites (tertiary alicyclic amines) is 1. The van der Waals surface area contributed by atoms with E-state index in [0.29, 0.717) is 40.7 Å². The summed E-state index contributed by atoms with van der Waals surface area (Å²) < 4.78 is 5.56. The van der Waals surface area contributed by atoms with Gasteiger partial charge in [0, 0.05) is 30.8 Å². The molecule has 1 aliphatic heterocycles. The van der Waals surface area contributed by atoms with Gasteiger partial charge in [-0.15, -0.1) is 0 Å². The van der Waals surface area contributed by atoms with Gasteiger partial charge in [0.25, 0.3) is 5.91 Å². The molecule has 3 aromatic rings. The van der Waals surface area contributed by atoms with Crippen molar-refractivity contribution in [2.75, 3.05) is 11.9 Å². The lowest BCUT2D eigenvalue weighted by atomic mass is 10.1. The number of benzene rings is 1. The number of aryl methyl sites for hydroxylation is 1. The van der Waals surface area contributed by atoms with Gasteiger partial charge in [-0.05, 0) is 64.3 Å². The van der Waals surface area contributed by atoms with Crippen molar-refractivity contribution in [3.63, 3.8) is 0 Å². The summed E-state index contributed by atoms with van der Waals surface area (Å²) in [5.74, 6) is 0.562. The Bertz CT molecular complexity index is 1270. The Hall–Kier alpha value is -4.01. The van der Waals surface area contributed by atoms with Gasteiger partial charge in [0.15, 0.2) is 5.78 Å². The van der Waals surface area contributed by atoms with E-state index in [0.717, 1.165) is 18.4 Å². The van der Waals surface area contributed by atoms with Crippen molar-refractivity contribution in [3.05, 3.63) is 65.2 Å². The number of aromatic nitrogens is 3. The fourth-order valence-electron chi connectivity index (χ4n) is 4.11. The Morgan fingerprint density at radius 3 is 2.44 bits per heavy atom. The number of aromatic amines is 1. The highest BCUT2D eigenvalue weighted by atomic mass is 16.6. The number of nitrogens with one attached hydrogen (secondary N) is 2. The van der Waals surface area contributed by atoms with Crippen molar-refractivity contribution in [2.45, 2.75) is 59.1 Å². The summed E-state index contributed by atoms with van der Waals surface area (Å²) >= 11 is 0. The van der Waals surface area contributed by atoms with Crippen molar-refractivity contribution in [1.82, 2.24) is 19.9 Å². The third kappa shape index (κ3) is 5.62. The molecule has 2 N–H and O–H groups in total. The van der Waals surface area contributed by atoms with Crippen LogP contribution in [0.1, 0.15) is 78.8 Å². The maximum Gasteiger partial charge on any atom is 0.410 e. The Morgan fingerprint density at radius 2 is 1.83 bits per heavy atom. The average molecular weight is 490 g/mol. The number of carbonyl (C=O) groups excluding carboxylic acids is 3. The van der Waals surface area contributed by atoms with E-state index >= 15 is 0 Å². The van der Waals surface area contributed by atoms with Crippen LogP contribution in [0.15, 0.2) is 42.6 Å². The van der Waals surface area contributed by atoms with Crippen LogP contribution in [-0.2, 0) is 4.74 Å². The van der Waals surface area contributed by atoms with Crippen LogP contribution in [0.3, 0.4) is 0 Å². The number of hydrogen-bond acceptors (Lipinski definition) is 6. The summed E-state index contributed by atoms with van der Waals surface area (Å²) in [5, 5.41) is 2.77. The van der Waals surface area contributed by atoms with E-state index in [2.05, 4.69) is 15.3 Å². The summed E-state index contributed by atoms with van der Waals surface area (Å²) in [6.45, 7) is 9.44. The minimum atomic E-state index is -0.605. The number of ketones is 1. The van der Waals surface area contributed by atoms with Gasteiger partial charge in [-0.25, -0.2) is 14.8 Å². The minimum absolute atomic E-state index is 0.169. The molecule has 0 radical (unpaired) electrons. The van der Waals surface area contributed by atoms with E-state index in [1.165, 1.54) is 6.92 Å². The predicted molar refractivity (Wildman–Crippen MR) is 136 cm³/mol. The topological polar surface area (TPSA) is 117 Å². The summed E-state index contributed by atoms with van der Waals surface area (Å²) in [5.41, 5.74) is 2.39. The number of carbonyl (C=O) groups is 3. The molecule has 2 aromatic heterocycles. The SMILES string of the molecule is CC(=O)c1[nH]c([C@@H]2CCCN2C(=O)OC(C)(C)C)nc1-c1ccc(C(=O)Nc2ccc(C)cn2)cc1. The molecule has 36 heavy (non-hydrogen) atoms. The normalized spacial score (nSPS) is 15.6. The highest BCUT2D eigenvalue weighted by Crippen LogP contribution is 2.34. The van der Waals surface area contributed by atoms with Crippen molar-refractivity contribution >= 4 is 23.6 Å². The fraction of sp³-hybridized carbons (Fsp3) is 0.370. The maximum atomic E-state index is 12.7. The number of nitrogens with zero attached hydrogens (tertiary/aromatic N) is 3. The number of imidazole rings is 1. The third-order valence-electron chi connectivity index (χ3n) is 5.84. The molecule has 0 bridgehead atoms. The molecule has 9 heteroatoms. The smallest absolute Gasteiger partial charge is 0.410 e. The molecular formula is C27H31N5O4. The second-order valence-corrected chi connectivity index (χ2v) is 9.99. The lowest BCUT2D eigenvalue weighted by molar-refractivity contribution is 0.0218. The number of hydrogen-bond donors (Lipinski definition) is 2. The molecule has 3 heterocycles. The molecule has 0 aliphatic carbocycles. The lowest BCUT2D eigenvalue weighted by Gasteiger charge is -2.27. The predicted octanol–water partition coefficient (Wildman–Crippen LogP) is 5.31. The summed E-state index contributed by atoms with van der Waals surface area (Å²) in [6, 6.07) is 10.2. The van der Waals surface area contributed by atoms with Crippen LogP contribution < -0.4 is 5.32 Å². The van der Waals surface area contributed by atoms with Gasteiger partial charge in [0.1, 0.15) is 22.9 Å². The molecule has 1 aliphatic rings. The van der Waals surface area contributed by atoms with Gasteiger partial charge < -0.3 is 15.0 Å². The third-order valence-corrected chi connectivity index (χ3v) is 5.84. The van der Waals surface area contributed by atoms with Crippen LogP contribution in [0, 0.1) is 6.92 Å². The lowest BCUT2D eigenvalue weighted by Crippen LogP contribution is -2.36. The number of ether oxygens (including phenoxy) is 1. The first-order chi connectivity index (χ1) is 17.0. The van der Waals surface area contributed by atoms with Gasteiger partial charge in [-0.1, -0.05) is 18.2 Å². The minimum Gasteiger partial charge on any atom is -0.444 e. The molecular weight excluding hydrogens is 458 g/mol. The zero-order chi connectivity index (χ0) is 26.0. The highest BCUT2D eigenvalue weighted by Gasteiger charge is 2.35. The van der Waals surface area contributed by atoms with Crippen LogP contribution in [0.2, 0.25) is 0 Å². The molecule has 1 aromatic carbocycles. The summed E-state index contributed by atoms with van der Waals surface area (Å²) in [4.78, 5) is 51.5.